The van der Waals surface area contributed by atoms with Gasteiger partial charge in [0.05, 0.1) is 0 Å². The molecule has 0 saturated carbocycles. The standard InChI is InChI=1S/C10H12N2O/c1-2-7-12-10(11)8-3-5-9(13)6-4-8/h2-7,13H,1H3,(H2,11,12). The lowest BCUT2D eigenvalue weighted by atomic mass is 10.2. The lowest BCUT2D eigenvalue weighted by molar-refractivity contribution is 0.475. The van der Waals surface area contributed by atoms with Crippen molar-refractivity contribution in [2.24, 2.45) is 10.7 Å². The highest BCUT2D eigenvalue weighted by atomic mass is 16.3. The van der Waals surface area contributed by atoms with Crippen LogP contribution in [0.4, 0.5) is 0 Å². The van der Waals surface area contributed by atoms with Crippen LogP contribution in [0.2, 0.25) is 0 Å². The van der Waals surface area contributed by atoms with E-state index in [1.165, 1.54) is 0 Å². The van der Waals surface area contributed by atoms with Crippen LogP contribution < -0.4 is 5.73 Å². The van der Waals surface area contributed by atoms with E-state index in [0.29, 0.717) is 5.84 Å². The van der Waals surface area contributed by atoms with Gasteiger partial charge >= 0.3 is 0 Å². The second-order valence-electron chi connectivity index (χ2n) is 2.54. The van der Waals surface area contributed by atoms with Gasteiger partial charge in [0.1, 0.15) is 11.6 Å². The van der Waals surface area contributed by atoms with Crippen molar-refractivity contribution in [3.05, 3.63) is 42.1 Å². The van der Waals surface area contributed by atoms with E-state index in [0.717, 1.165) is 5.56 Å². The van der Waals surface area contributed by atoms with Crippen LogP contribution in [0.15, 0.2) is 41.5 Å². The number of aromatic hydroxyl groups is 1. The Kier molecular flexibility index (Phi) is 3.09. The van der Waals surface area contributed by atoms with Crippen LogP contribution in [0.5, 0.6) is 5.75 Å². The molecule has 0 atom stereocenters. The van der Waals surface area contributed by atoms with E-state index in [4.69, 9.17) is 10.8 Å². The fraction of sp³-hybridized carbons (Fsp3) is 0.100. The molecule has 0 aliphatic carbocycles. The van der Waals surface area contributed by atoms with E-state index in [2.05, 4.69) is 4.99 Å². The first-order chi connectivity index (χ1) is 6.24. The molecule has 3 N–H and O–H groups in total. The van der Waals surface area contributed by atoms with Crippen LogP contribution in [-0.2, 0) is 0 Å². The molecule has 3 nitrogen and oxygen atoms in total. The first-order valence-electron chi connectivity index (χ1n) is 3.98. The van der Waals surface area contributed by atoms with Crippen molar-refractivity contribution < 1.29 is 5.11 Å². The molecule has 13 heavy (non-hydrogen) atoms. The zero-order chi connectivity index (χ0) is 9.68. The van der Waals surface area contributed by atoms with E-state index in [-0.39, 0.29) is 5.75 Å². The molecule has 0 bridgehead atoms. The molecule has 0 saturated heterocycles. The molecule has 0 aliphatic rings. The van der Waals surface area contributed by atoms with Gasteiger partial charge < -0.3 is 10.8 Å². The Labute approximate surface area is 77.2 Å². The molecule has 0 heterocycles. The van der Waals surface area contributed by atoms with Gasteiger partial charge in [-0.1, -0.05) is 6.08 Å². The lowest BCUT2D eigenvalue weighted by Gasteiger charge is -1.98. The molecule has 0 radical (unpaired) electrons. The maximum Gasteiger partial charge on any atom is 0.130 e. The van der Waals surface area contributed by atoms with Crippen molar-refractivity contribution in [2.75, 3.05) is 0 Å². The van der Waals surface area contributed by atoms with Crippen molar-refractivity contribution >= 4 is 5.84 Å². The highest BCUT2D eigenvalue weighted by molar-refractivity contribution is 5.97. The van der Waals surface area contributed by atoms with Gasteiger partial charge in [0, 0.05) is 11.8 Å². The molecular formula is C10H12N2O. The molecule has 0 aromatic heterocycles. The van der Waals surface area contributed by atoms with Crippen LogP contribution in [0.25, 0.3) is 0 Å². The Morgan fingerprint density at radius 3 is 2.54 bits per heavy atom. The van der Waals surface area contributed by atoms with Crippen LogP contribution in [0.1, 0.15) is 12.5 Å². The molecular weight excluding hydrogens is 164 g/mol. The lowest BCUT2D eigenvalue weighted by Crippen LogP contribution is -2.12. The minimum Gasteiger partial charge on any atom is -0.508 e. The molecule has 1 aromatic carbocycles. The number of hydrogen-bond acceptors (Lipinski definition) is 2. The average molecular weight is 176 g/mol. The quantitative estimate of drug-likeness (QED) is 0.531. The average Bonchev–Trinajstić information content (AvgIpc) is 2.15. The molecule has 68 valence electrons. The van der Waals surface area contributed by atoms with Gasteiger partial charge in [-0.2, -0.15) is 0 Å². The normalized spacial score (nSPS) is 12.2. The number of rotatable bonds is 2. The monoisotopic (exact) mass is 176 g/mol. The number of hydrogen-bond donors (Lipinski definition) is 2. The molecule has 0 fully saturated rings. The van der Waals surface area contributed by atoms with Crippen molar-refractivity contribution in [1.82, 2.24) is 0 Å². The van der Waals surface area contributed by atoms with Gasteiger partial charge in [-0.25, -0.2) is 4.99 Å². The van der Waals surface area contributed by atoms with Gasteiger partial charge in [-0.3, -0.25) is 0 Å². The maximum absolute atomic E-state index is 9.02. The summed E-state index contributed by atoms with van der Waals surface area (Å²) in [5, 5.41) is 9.02. The highest BCUT2D eigenvalue weighted by Crippen LogP contribution is 2.09. The molecule has 1 aromatic rings. The van der Waals surface area contributed by atoms with Crippen LogP contribution in [-0.4, -0.2) is 10.9 Å². The molecule has 0 spiro atoms. The third-order valence-corrected chi connectivity index (χ3v) is 1.53. The van der Waals surface area contributed by atoms with Crippen molar-refractivity contribution in [1.29, 1.82) is 0 Å². The van der Waals surface area contributed by atoms with Gasteiger partial charge in [0.25, 0.3) is 0 Å². The SMILES string of the molecule is CC=CN=C(N)c1ccc(O)cc1. The van der Waals surface area contributed by atoms with Crippen molar-refractivity contribution in [3.63, 3.8) is 0 Å². The second-order valence-corrected chi connectivity index (χ2v) is 2.54. The summed E-state index contributed by atoms with van der Waals surface area (Å²) >= 11 is 0. The number of nitrogens with two attached hydrogens (primary N) is 1. The summed E-state index contributed by atoms with van der Waals surface area (Å²) in [7, 11) is 0. The first-order valence-corrected chi connectivity index (χ1v) is 3.98. The fourth-order valence-electron chi connectivity index (χ4n) is 0.862. The van der Waals surface area contributed by atoms with Gasteiger partial charge in [0.2, 0.25) is 0 Å². The number of phenolic OH excluding ortho intramolecular Hbond substituents is 1. The molecule has 0 amide bonds. The van der Waals surface area contributed by atoms with Crippen molar-refractivity contribution in [2.45, 2.75) is 6.92 Å². The summed E-state index contributed by atoms with van der Waals surface area (Å²) in [6.45, 7) is 1.87. The zero-order valence-electron chi connectivity index (χ0n) is 7.44. The van der Waals surface area contributed by atoms with Crippen LogP contribution in [0, 0.1) is 0 Å². The third kappa shape index (κ3) is 2.63. The molecule has 1 rings (SSSR count). The Morgan fingerprint density at radius 2 is 2.00 bits per heavy atom. The Morgan fingerprint density at radius 1 is 1.38 bits per heavy atom. The number of amidine groups is 1. The van der Waals surface area contributed by atoms with Crippen LogP contribution >= 0.6 is 0 Å². The van der Waals surface area contributed by atoms with Crippen molar-refractivity contribution in [3.8, 4) is 5.75 Å². The fourth-order valence-corrected chi connectivity index (χ4v) is 0.862. The van der Waals surface area contributed by atoms with Gasteiger partial charge in [-0.15, -0.1) is 0 Å². The molecule has 0 aliphatic heterocycles. The largest absolute Gasteiger partial charge is 0.508 e. The van der Waals surface area contributed by atoms with E-state index in [1.807, 2.05) is 6.92 Å². The topological polar surface area (TPSA) is 58.6 Å². The number of nitrogens with zero attached hydrogens (tertiary/aromatic N) is 1. The summed E-state index contributed by atoms with van der Waals surface area (Å²) in [5.74, 6) is 0.667. The minimum atomic E-state index is 0.225. The predicted molar refractivity (Wildman–Crippen MR) is 53.6 cm³/mol. The number of allylic oxidation sites excluding steroid dienone is 1. The van der Waals surface area contributed by atoms with Gasteiger partial charge in [0.15, 0.2) is 0 Å². The molecule has 3 heteroatoms. The highest BCUT2D eigenvalue weighted by Gasteiger charge is 1.95. The third-order valence-electron chi connectivity index (χ3n) is 1.53. The first kappa shape index (κ1) is 9.32. The Balaban J connectivity index is 2.89. The smallest absolute Gasteiger partial charge is 0.130 e. The van der Waals surface area contributed by atoms with Crippen LogP contribution in [0.3, 0.4) is 0 Å². The zero-order valence-corrected chi connectivity index (χ0v) is 7.44. The summed E-state index contributed by atoms with van der Waals surface area (Å²) in [5.41, 5.74) is 6.45. The maximum atomic E-state index is 9.02. The Bertz CT molecular complexity index is 325. The van der Waals surface area contributed by atoms with E-state index >= 15 is 0 Å². The minimum absolute atomic E-state index is 0.225. The second kappa shape index (κ2) is 4.30. The van der Waals surface area contributed by atoms with E-state index in [9.17, 15) is 0 Å². The van der Waals surface area contributed by atoms with E-state index in [1.54, 1.807) is 36.5 Å². The molecule has 0 unspecified atom stereocenters. The summed E-state index contributed by atoms with van der Waals surface area (Å²) in [6.07, 6.45) is 3.43. The number of aliphatic imine (C=N–C) groups is 1. The summed E-state index contributed by atoms with van der Waals surface area (Å²) < 4.78 is 0. The summed E-state index contributed by atoms with van der Waals surface area (Å²) in [4.78, 5) is 3.97. The summed E-state index contributed by atoms with van der Waals surface area (Å²) in [6, 6.07) is 6.59. The predicted octanol–water partition coefficient (Wildman–Crippen LogP) is 1.63. The Hall–Kier alpha value is -1.77. The number of phenols is 1. The van der Waals surface area contributed by atoms with E-state index < -0.39 is 0 Å². The van der Waals surface area contributed by atoms with Gasteiger partial charge in [-0.05, 0) is 31.2 Å². The number of benzene rings is 1.